The summed E-state index contributed by atoms with van der Waals surface area (Å²) >= 11 is 0. The minimum atomic E-state index is 0.824. The van der Waals surface area contributed by atoms with Crippen molar-refractivity contribution >= 4 is 0 Å². The molecule has 0 aliphatic carbocycles. The average molecular weight is 293 g/mol. The molecule has 1 N–H and O–H groups in total. The molecule has 3 aliphatic rings. The standard InChI is InChI=1S/C18H35N3/c1-4-13-21(14-5-1)18-9-15-20(16-10-18)12-6-8-17-7-2-3-11-19-17/h17-19H,1-16H2. The highest BCUT2D eigenvalue weighted by Crippen LogP contribution is 2.21. The molecule has 0 bridgehead atoms. The molecule has 3 aliphatic heterocycles. The fraction of sp³-hybridized carbons (Fsp3) is 1.00. The molecule has 0 aromatic rings. The zero-order valence-electron chi connectivity index (χ0n) is 13.9. The quantitative estimate of drug-likeness (QED) is 0.841. The average Bonchev–Trinajstić information content (AvgIpc) is 2.57. The highest BCUT2D eigenvalue weighted by Gasteiger charge is 2.25. The number of nitrogens with zero attached hydrogens (tertiary/aromatic N) is 2. The Hall–Kier alpha value is -0.120. The highest BCUT2D eigenvalue weighted by atomic mass is 15.2. The van der Waals surface area contributed by atoms with Gasteiger partial charge in [-0.1, -0.05) is 12.8 Å². The lowest BCUT2D eigenvalue weighted by Crippen LogP contribution is -2.47. The fourth-order valence-corrected chi connectivity index (χ4v) is 4.52. The molecule has 0 aromatic heterocycles. The van der Waals surface area contributed by atoms with Crippen molar-refractivity contribution in [3.05, 3.63) is 0 Å². The van der Waals surface area contributed by atoms with Gasteiger partial charge in [-0.15, -0.1) is 0 Å². The van der Waals surface area contributed by atoms with E-state index in [1.807, 2.05) is 0 Å². The minimum Gasteiger partial charge on any atom is -0.314 e. The Kier molecular flexibility index (Phi) is 6.38. The first-order valence-corrected chi connectivity index (χ1v) is 9.61. The van der Waals surface area contributed by atoms with Crippen molar-refractivity contribution < 1.29 is 0 Å². The van der Waals surface area contributed by atoms with Crippen molar-refractivity contribution in [2.45, 2.75) is 76.3 Å². The molecule has 122 valence electrons. The first-order valence-electron chi connectivity index (χ1n) is 9.61. The third kappa shape index (κ3) is 4.94. The fourth-order valence-electron chi connectivity index (χ4n) is 4.52. The van der Waals surface area contributed by atoms with Crippen molar-refractivity contribution in [2.75, 3.05) is 39.3 Å². The molecule has 0 spiro atoms. The molecule has 3 nitrogen and oxygen atoms in total. The van der Waals surface area contributed by atoms with Crippen LogP contribution in [0.5, 0.6) is 0 Å². The van der Waals surface area contributed by atoms with Crippen LogP contribution in [0.25, 0.3) is 0 Å². The maximum absolute atomic E-state index is 3.68. The molecule has 0 amide bonds. The summed E-state index contributed by atoms with van der Waals surface area (Å²) in [6, 6.07) is 1.73. The van der Waals surface area contributed by atoms with Gasteiger partial charge in [0.2, 0.25) is 0 Å². The van der Waals surface area contributed by atoms with Crippen LogP contribution in [0.15, 0.2) is 0 Å². The van der Waals surface area contributed by atoms with Crippen molar-refractivity contribution in [2.24, 2.45) is 0 Å². The normalized spacial score (nSPS) is 30.6. The summed E-state index contributed by atoms with van der Waals surface area (Å²) in [4.78, 5) is 5.51. The van der Waals surface area contributed by atoms with E-state index >= 15 is 0 Å². The van der Waals surface area contributed by atoms with Gasteiger partial charge in [0.15, 0.2) is 0 Å². The smallest absolute Gasteiger partial charge is 0.0120 e. The van der Waals surface area contributed by atoms with E-state index < -0.39 is 0 Å². The Labute approximate surface area is 131 Å². The third-order valence-corrected chi connectivity index (χ3v) is 5.90. The van der Waals surface area contributed by atoms with Gasteiger partial charge < -0.3 is 15.1 Å². The summed E-state index contributed by atoms with van der Waals surface area (Å²) in [7, 11) is 0. The second-order valence-corrected chi connectivity index (χ2v) is 7.46. The van der Waals surface area contributed by atoms with Gasteiger partial charge in [-0.05, 0) is 90.6 Å². The molecule has 21 heavy (non-hydrogen) atoms. The summed E-state index contributed by atoms with van der Waals surface area (Å²) < 4.78 is 0. The molecule has 1 unspecified atom stereocenters. The lowest BCUT2D eigenvalue weighted by Gasteiger charge is -2.40. The summed E-state index contributed by atoms with van der Waals surface area (Å²) in [5, 5.41) is 3.68. The maximum Gasteiger partial charge on any atom is 0.0120 e. The zero-order valence-corrected chi connectivity index (χ0v) is 13.9. The first-order chi connectivity index (χ1) is 10.4. The van der Waals surface area contributed by atoms with E-state index in [2.05, 4.69) is 15.1 Å². The first kappa shape index (κ1) is 15.8. The van der Waals surface area contributed by atoms with E-state index in [9.17, 15) is 0 Å². The van der Waals surface area contributed by atoms with Crippen molar-refractivity contribution in [1.29, 1.82) is 0 Å². The number of likely N-dealkylation sites (tertiary alicyclic amines) is 2. The van der Waals surface area contributed by atoms with Gasteiger partial charge in [-0.25, -0.2) is 0 Å². The molecule has 3 rings (SSSR count). The van der Waals surface area contributed by atoms with Crippen LogP contribution in [0.4, 0.5) is 0 Å². The lowest BCUT2D eigenvalue weighted by molar-refractivity contribution is 0.0913. The van der Waals surface area contributed by atoms with Gasteiger partial charge in [-0.2, -0.15) is 0 Å². The lowest BCUT2D eigenvalue weighted by atomic mass is 9.98. The number of hydrogen-bond donors (Lipinski definition) is 1. The predicted molar refractivity (Wildman–Crippen MR) is 89.8 cm³/mol. The molecule has 3 heteroatoms. The highest BCUT2D eigenvalue weighted by molar-refractivity contribution is 4.82. The molecule has 3 fully saturated rings. The Morgan fingerprint density at radius 1 is 0.810 bits per heavy atom. The van der Waals surface area contributed by atoms with Gasteiger partial charge in [-0.3, -0.25) is 0 Å². The predicted octanol–water partition coefficient (Wildman–Crippen LogP) is 2.86. The summed E-state index contributed by atoms with van der Waals surface area (Å²) in [5.74, 6) is 0. The van der Waals surface area contributed by atoms with Crippen LogP contribution in [-0.2, 0) is 0 Å². The SMILES string of the molecule is C1CCN(C2CCN(CCCC3CCCCN3)CC2)CC1. The van der Waals surface area contributed by atoms with Crippen molar-refractivity contribution in [1.82, 2.24) is 15.1 Å². The van der Waals surface area contributed by atoms with E-state index in [0.29, 0.717) is 0 Å². The molecule has 0 saturated carbocycles. The van der Waals surface area contributed by atoms with Crippen LogP contribution in [0.2, 0.25) is 0 Å². The van der Waals surface area contributed by atoms with Crippen LogP contribution < -0.4 is 5.32 Å². The van der Waals surface area contributed by atoms with Crippen LogP contribution in [0.3, 0.4) is 0 Å². The third-order valence-electron chi connectivity index (χ3n) is 5.90. The molecular formula is C18H35N3. The van der Waals surface area contributed by atoms with E-state index in [4.69, 9.17) is 0 Å². The largest absolute Gasteiger partial charge is 0.314 e. The molecule has 0 radical (unpaired) electrons. The minimum absolute atomic E-state index is 0.824. The number of nitrogens with one attached hydrogen (secondary N) is 1. The Bertz CT molecular complexity index is 271. The van der Waals surface area contributed by atoms with Gasteiger partial charge in [0, 0.05) is 12.1 Å². The topological polar surface area (TPSA) is 18.5 Å². The van der Waals surface area contributed by atoms with Crippen molar-refractivity contribution in [3.63, 3.8) is 0 Å². The van der Waals surface area contributed by atoms with Crippen LogP contribution in [-0.4, -0.2) is 61.2 Å². The summed E-state index contributed by atoms with van der Waals surface area (Å²) in [6.45, 7) is 8.03. The van der Waals surface area contributed by atoms with E-state index in [-0.39, 0.29) is 0 Å². The molecular weight excluding hydrogens is 258 g/mol. The summed E-state index contributed by atoms with van der Waals surface area (Å²) in [6.07, 6.45) is 14.2. The monoisotopic (exact) mass is 293 g/mol. The van der Waals surface area contributed by atoms with Crippen LogP contribution in [0.1, 0.15) is 64.2 Å². The van der Waals surface area contributed by atoms with E-state index in [0.717, 1.165) is 12.1 Å². The Morgan fingerprint density at radius 3 is 2.33 bits per heavy atom. The number of rotatable bonds is 5. The van der Waals surface area contributed by atoms with E-state index in [1.165, 1.54) is 103 Å². The van der Waals surface area contributed by atoms with Gasteiger partial charge >= 0.3 is 0 Å². The Balaban J connectivity index is 1.28. The zero-order chi connectivity index (χ0) is 14.3. The number of hydrogen-bond acceptors (Lipinski definition) is 3. The number of piperidine rings is 3. The van der Waals surface area contributed by atoms with Crippen LogP contribution >= 0.6 is 0 Å². The van der Waals surface area contributed by atoms with Gasteiger partial charge in [0.25, 0.3) is 0 Å². The van der Waals surface area contributed by atoms with Crippen LogP contribution in [0, 0.1) is 0 Å². The maximum atomic E-state index is 3.68. The molecule has 3 heterocycles. The molecule has 1 atom stereocenters. The Morgan fingerprint density at radius 2 is 1.62 bits per heavy atom. The van der Waals surface area contributed by atoms with Gasteiger partial charge in [0.05, 0.1) is 0 Å². The van der Waals surface area contributed by atoms with Crippen molar-refractivity contribution in [3.8, 4) is 0 Å². The second kappa shape index (κ2) is 8.50. The van der Waals surface area contributed by atoms with E-state index in [1.54, 1.807) is 0 Å². The molecule has 3 saturated heterocycles. The molecule has 0 aromatic carbocycles. The van der Waals surface area contributed by atoms with Gasteiger partial charge in [0.1, 0.15) is 0 Å². The second-order valence-electron chi connectivity index (χ2n) is 7.46. The summed E-state index contributed by atoms with van der Waals surface area (Å²) in [5.41, 5.74) is 0.